The smallest absolute Gasteiger partial charge is 0.130 e. The van der Waals surface area contributed by atoms with Crippen molar-refractivity contribution in [1.29, 1.82) is 0 Å². The Bertz CT molecular complexity index is 262. The van der Waals surface area contributed by atoms with E-state index < -0.39 is 6.10 Å². The van der Waals surface area contributed by atoms with Crippen LogP contribution < -0.4 is 0 Å². The van der Waals surface area contributed by atoms with E-state index in [2.05, 4.69) is 20.9 Å². The van der Waals surface area contributed by atoms with Crippen molar-refractivity contribution >= 4 is 39.1 Å². The number of alkyl halides is 1. The molecule has 0 spiro atoms. The summed E-state index contributed by atoms with van der Waals surface area (Å²) >= 11 is 14.5. The first-order chi connectivity index (χ1) is 5.63. The number of pyridine rings is 1. The molecule has 0 saturated carbocycles. The first-order valence-electron chi connectivity index (χ1n) is 3.20. The zero-order valence-electron chi connectivity index (χ0n) is 5.97. The maximum Gasteiger partial charge on any atom is 0.130 e. The van der Waals surface area contributed by atoms with Gasteiger partial charge < -0.3 is 5.11 Å². The van der Waals surface area contributed by atoms with Crippen molar-refractivity contribution in [3.8, 4) is 0 Å². The van der Waals surface area contributed by atoms with E-state index in [0.29, 0.717) is 16.0 Å². The van der Waals surface area contributed by atoms with Crippen molar-refractivity contribution in [1.82, 2.24) is 4.98 Å². The van der Waals surface area contributed by atoms with E-state index in [-0.39, 0.29) is 5.15 Å². The molecule has 1 unspecified atom stereocenters. The van der Waals surface area contributed by atoms with Crippen molar-refractivity contribution in [3.05, 3.63) is 28.0 Å². The Morgan fingerprint density at radius 1 is 1.50 bits per heavy atom. The Kier molecular flexibility index (Phi) is 3.77. The first kappa shape index (κ1) is 10.3. The third kappa shape index (κ3) is 2.59. The molecule has 0 radical (unpaired) electrons. The van der Waals surface area contributed by atoms with E-state index in [9.17, 15) is 5.11 Å². The maximum absolute atomic E-state index is 9.35. The molecule has 1 aromatic heterocycles. The molecule has 66 valence electrons. The molecule has 0 aliphatic heterocycles. The summed E-state index contributed by atoms with van der Waals surface area (Å²) in [7, 11) is 0. The maximum atomic E-state index is 9.35. The topological polar surface area (TPSA) is 33.1 Å². The number of aliphatic hydroxyl groups excluding tert-OH is 1. The van der Waals surface area contributed by atoms with E-state index in [1.165, 1.54) is 6.07 Å². The van der Waals surface area contributed by atoms with E-state index >= 15 is 0 Å². The fourth-order valence-corrected chi connectivity index (χ4v) is 1.55. The average molecular weight is 271 g/mol. The summed E-state index contributed by atoms with van der Waals surface area (Å²) in [5, 5.41) is 10.5. The number of nitrogens with zero attached hydrogens (tertiary/aromatic N) is 1. The minimum atomic E-state index is -0.666. The highest BCUT2D eigenvalue weighted by Gasteiger charge is 2.08. The summed E-state index contributed by atoms with van der Waals surface area (Å²) in [6.07, 6.45) is -0.666. The summed E-state index contributed by atoms with van der Waals surface area (Å²) in [5.74, 6) is 0. The molecule has 0 fully saturated rings. The molecule has 1 aromatic rings. The van der Waals surface area contributed by atoms with Gasteiger partial charge in [-0.3, -0.25) is 0 Å². The van der Waals surface area contributed by atoms with E-state index in [0.717, 1.165) is 0 Å². The number of aromatic nitrogens is 1. The van der Waals surface area contributed by atoms with Gasteiger partial charge in [0.15, 0.2) is 0 Å². The Morgan fingerprint density at radius 2 is 2.17 bits per heavy atom. The monoisotopic (exact) mass is 269 g/mol. The molecule has 0 aliphatic rings. The van der Waals surface area contributed by atoms with Crippen LogP contribution in [0, 0.1) is 0 Å². The molecule has 1 N–H and O–H groups in total. The molecule has 1 rings (SSSR count). The van der Waals surface area contributed by atoms with Crippen molar-refractivity contribution in [2.75, 3.05) is 5.33 Å². The van der Waals surface area contributed by atoms with Crippen LogP contribution in [0.5, 0.6) is 0 Å². The molecule has 5 heteroatoms. The van der Waals surface area contributed by atoms with Crippen LogP contribution >= 0.6 is 39.1 Å². The van der Waals surface area contributed by atoms with Crippen LogP contribution in [0.25, 0.3) is 0 Å². The van der Waals surface area contributed by atoms with Gasteiger partial charge in [0.2, 0.25) is 0 Å². The van der Waals surface area contributed by atoms with Crippen molar-refractivity contribution in [3.63, 3.8) is 0 Å². The molecular formula is C7H6BrCl2NO. The second-order valence-corrected chi connectivity index (χ2v) is 3.67. The molecule has 0 saturated heterocycles. The van der Waals surface area contributed by atoms with Crippen molar-refractivity contribution in [2.45, 2.75) is 6.10 Å². The third-order valence-corrected chi connectivity index (χ3v) is 2.29. The lowest BCUT2D eigenvalue weighted by Gasteiger charge is -2.06. The summed E-state index contributed by atoms with van der Waals surface area (Å²) in [5.41, 5.74) is 0.476. The molecule has 0 bridgehead atoms. The standard InChI is InChI=1S/C7H6BrCl2NO/c8-3-6(12)5-1-4(9)2-7(10)11-5/h1-2,6,12H,3H2. The normalized spacial score (nSPS) is 13.0. The van der Waals surface area contributed by atoms with E-state index in [1.807, 2.05) is 0 Å². The zero-order chi connectivity index (χ0) is 9.14. The molecule has 2 nitrogen and oxygen atoms in total. The summed E-state index contributed by atoms with van der Waals surface area (Å²) in [6.45, 7) is 0. The van der Waals surface area contributed by atoms with Crippen LogP contribution in [-0.4, -0.2) is 15.4 Å². The molecule has 12 heavy (non-hydrogen) atoms. The lowest BCUT2D eigenvalue weighted by atomic mass is 10.2. The number of rotatable bonds is 2. The average Bonchev–Trinajstić information content (AvgIpc) is 2.01. The summed E-state index contributed by atoms with van der Waals surface area (Å²) < 4.78 is 0. The van der Waals surface area contributed by atoms with Crippen molar-refractivity contribution < 1.29 is 5.11 Å². The fourth-order valence-electron chi connectivity index (χ4n) is 0.734. The Labute approximate surface area is 88.6 Å². The number of aliphatic hydroxyl groups is 1. The minimum Gasteiger partial charge on any atom is -0.386 e. The molecular weight excluding hydrogens is 265 g/mol. The Balaban J connectivity index is 3.00. The predicted octanol–water partition coefficient (Wildman–Crippen LogP) is 2.82. The second kappa shape index (κ2) is 4.42. The third-order valence-electron chi connectivity index (χ3n) is 1.27. The van der Waals surface area contributed by atoms with Gasteiger partial charge in [-0.2, -0.15) is 0 Å². The van der Waals surface area contributed by atoms with Gasteiger partial charge in [0, 0.05) is 10.4 Å². The summed E-state index contributed by atoms with van der Waals surface area (Å²) in [6, 6.07) is 3.10. The highest BCUT2D eigenvalue weighted by molar-refractivity contribution is 9.09. The van der Waals surface area contributed by atoms with Gasteiger partial charge in [-0.1, -0.05) is 39.1 Å². The van der Waals surface area contributed by atoms with Crippen LogP contribution in [-0.2, 0) is 0 Å². The van der Waals surface area contributed by atoms with Gasteiger partial charge in [0.05, 0.1) is 5.69 Å². The largest absolute Gasteiger partial charge is 0.386 e. The Hall–Kier alpha value is 0.170. The SMILES string of the molecule is OC(CBr)c1cc(Cl)cc(Cl)n1. The van der Waals surface area contributed by atoms with Gasteiger partial charge in [-0.15, -0.1) is 0 Å². The number of hydrogen-bond donors (Lipinski definition) is 1. The van der Waals surface area contributed by atoms with Gasteiger partial charge in [-0.05, 0) is 12.1 Å². The minimum absolute atomic E-state index is 0.289. The zero-order valence-corrected chi connectivity index (χ0v) is 9.07. The van der Waals surface area contributed by atoms with Crippen LogP contribution in [0.2, 0.25) is 10.2 Å². The van der Waals surface area contributed by atoms with E-state index in [4.69, 9.17) is 23.2 Å². The Morgan fingerprint density at radius 3 is 2.67 bits per heavy atom. The fraction of sp³-hybridized carbons (Fsp3) is 0.286. The number of hydrogen-bond acceptors (Lipinski definition) is 2. The molecule has 0 aliphatic carbocycles. The summed E-state index contributed by atoms with van der Waals surface area (Å²) in [4.78, 5) is 3.91. The lowest BCUT2D eigenvalue weighted by molar-refractivity contribution is 0.200. The highest BCUT2D eigenvalue weighted by atomic mass is 79.9. The second-order valence-electron chi connectivity index (χ2n) is 2.20. The highest BCUT2D eigenvalue weighted by Crippen LogP contribution is 2.20. The lowest BCUT2D eigenvalue weighted by Crippen LogP contribution is -2.01. The predicted molar refractivity (Wildman–Crippen MR) is 53.0 cm³/mol. The molecule has 1 heterocycles. The van der Waals surface area contributed by atoms with Crippen LogP contribution in [0.3, 0.4) is 0 Å². The van der Waals surface area contributed by atoms with Gasteiger partial charge in [0.1, 0.15) is 11.3 Å². The van der Waals surface area contributed by atoms with Crippen LogP contribution in [0.4, 0.5) is 0 Å². The molecule has 1 atom stereocenters. The van der Waals surface area contributed by atoms with Crippen molar-refractivity contribution in [2.24, 2.45) is 0 Å². The number of halogens is 3. The van der Waals surface area contributed by atoms with Gasteiger partial charge in [-0.25, -0.2) is 4.98 Å². The van der Waals surface area contributed by atoms with Gasteiger partial charge in [0.25, 0.3) is 0 Å². The van der Waals surface area contributed by atoms with E-state index in [1.54, 1.807) is 6.07 Å². The van der Waals surface area contributed by atoms with Crippen LogP contribution in [0.1, 0.15) is 11.8 Å². The quantitative estimate of drug-likeness (QED) is 0.662. The van der Waals surface area contributed by atoms with Gasteiger partial charge >= 0.3 is 0 Å². The molecule has 0 amide bonds. The molecule has 0 aromatic carbocycles. The van der Waals surface area contributed by atoms with Crippen LogP contribution in [0.15, 0.2) is 12.1 Å². The first-order valence-corrected chi connectivity index (χ1v) is 5.08.